The Morgan fingerprint density at radius 1 is 1.38 bits per heavy atom. The van der Waals surface area contributed by atoms with Crippen molar-refractivity contribution < 1.29 is 22.5 Å². The molecule has 2 N–H and O–H groups in total. The summed E-state index contributed by atoms with van der Waals surface area (Å²) in [6, 6.07) is 2.72. The minimum absolute atomic E-state index is 0.156. The molecule has 10 heteroatoms. The van der Waals surface area contributed by atoms with Gasteiger partial charge in [0.05, 0.1) is 23.7 Å². The Labute approximate surface area is 136 Å². The van der Waals surface area contributed by atoms with Crippen LogP contribution in [-0.2, 0) is 40.6 Å². The fourth-order valence-corrected chi connectivity index (χ4v) is 2.26. The van der Waals surface area contributed by atoms with Crippen LogP contribution in [0.5, 0.6) is 0 Å². The standard InChI is InChI=1S/C11H11Cl2NO5S2/c1-6(15)2-11(16)14-10-3-7(5-19-21(17,18)20)8(12)4-9(10)13/h3-4H,2,5H2,1H3,(H,14,16)(H,17,18,20). The number of rotatable bonds is 6. The highest BCUT2D eigenvalue weighted by Crippen LogP contribution is 2.30. The minimum atomic E-state index is -3.79. The van der Waals surface area contributed by atoms with Crippen LogP contribution in [0.4, 0.5) is 5.69 Å². The molecule has 0 bridgehead atoms. The highest BCUT2D eigenvalue weighted by molar-refractivity contribution is 8.27. The largest absolute Gasteiger partial charge is 0.324 e. The Hall–Kier alpha value is -0.770. The van der Waals surface area contributed by atoms with Crippen LogP contribution >= 0.6 is 23.2 Å². The zero-order valence-electron chi connectivity index (χ0n) is 10.7. The maximum atomic E-state index is 11.5. The number of amides is 1. The Kier molecular flexibility index (Phi) is 6.51. The van der Waals surface area contributed by atoms with Crippen LogP contribution in [-0.4, -0.2) is 20.5 Å². The zero-order valence-corrected chi connectivity index (χ0v) is 13.9. The van der Waals surface area contributed by atoms with Gasteiger partial charge in [-0.3, -0.25) is 18.3 Å². The van der Waals surface area contributed by atoms with Crippen molar-refractivity contribution in [3.05, 3.63) is 27.7 Å². The number of benzene rings is 1. The van der Waals surface area contributed by atoms with Crippen molar-refractivity contribution in [3.63, 3.8) is 0 Å². The minimum Gasteiger partial charge on any atom is -0.324 e. The lowest BCUT2D eigenvalue weighted by Crippen LogP contribution is -2.15. The van der Waals surface area contributed by atoms with Crippen molar-refractivity contribution in [2.45, 2.75) is 20.0 Å². The van der Waals surface area contributed by atoms with Crippen LogP contribution in [0, 0.1) is 0 Å². The van der Waals surface area contributed by atoms with E-state index >= 15 is 0 Å². The molecular formula is C11H11Cl2NO5S2. The third-order valence-corrected chi connectivity index (χ3v) is 3.55. The molecule has 1 aromatic carbocycles. The molecule has 0 heterocycles. The molecule has 0 aliphatic carbocycles. The number of anilines is 1. The maximum absolute atomic E-state index is 11.5. The highest BCUT2D eigenvalue weighted by Gasteiger charge is 2.13. The van der Waals surface area contributed by atoms with Gasteiger partial charge in [0, 0.05) is 16.2 Å². The summed E-state index contributed by atoms with van der Waals surface area (Å²) in [6.45, 7) is 0.953. The van der Waals surface area contributed by atoms with Crippen LogP contribution in [0.15, 0.2) is 12.1 Å². The van der Waals surface area contributed by atoms with Crippen molar-refractivity contribution in [2.24, 2.45) is 0 Å². The number of carbonyl (C=O) groups is 2. The number of hydrogen-bond acceptors (Lipinski definition) is 5. The number of carbonyl (C=O) groups excluding carboxylic acids is 2. The quantitative estimate of drug-likeness (QED) is 0.746. The third kappa shape index (κ3) is 6.68. The summed E-state index contributed by atoms with van der Waals surface area (Å²) in [7, 11) is -3.79. The molecule has 1 amide bonds. The van der Waals surface area contributed by atoms with Crippen molar-refractivity contribution in [3.8, 4) is 0 Å². The SMILES string of the molecule is CC(=O)CC(=O)Nc1cc(COS(=O)(O)=S)c(Cl)cc1Cl. The van der Waals surface area contributed by atoms with E-state index in [0.717, 1.165) is 0 Å². The fraction of sp³-hybridized carbons (Fsp3) is 0.273. The van der Waals surface area contributed by atoms with E-state index in [4.69, 9.17) is 27.8 Å². The van der Waals surface area contributed by atoms with Gasteiger partial charge in [-0.25, -0.2) is 0 Å². The van der Waals surface area contributed by atoms with Crippen LogP contribution < -0.4 is 5.32 Å². The summed E-state index contributed by atoms with van der Waals surface area (Å²) in [5, 5.41) is 2.78. The predicted octanol–water partition coefficient (Wildman–Crippen LogP) is 2.56. The third-order valence-electron chi connectivity index (χ3n) is 2.18. The summed E-state index contributed by atoms with van der Waals surface area (Å²) in [4.78, 5) is 22.4. The summed E-state index contributed by atoms with van der Waals surface area (Å²) in [6.07, 6.45) is -0.290. The van der Waals surface area contributed by atoms with E-state index in [2.05, 4.69) is 20.7 Å². The molecule has 0 saturated heterocycles. The molecule has 116 valence electrons. The van der Waals surface area contributed by atoms with Gasteiger partial charge in [0.2, 0.25) is 5.91 Å². The first-order chi connectivity index (χ1) is 9.58. The zero-order chi connectivity index (χ0) is 16.2. The predicted molar refractivity (Wildman–Crippen MR) is 83.3 cm³/mol. The lowest BCUT2D eigenvalue weighted by molar-refractivity contribution is -0.124. The number of hydrogen-bond donors (Lipinski definition) is 2. The molecule has 1 rings (SSSR count). The molecule has 0 aromatic heterocycles. The Bertz CT molecular complexity index is 675. The van der Waals surface area contributed by atoms with Crippen molar-refractivity contribution in [2.75, 3.05) is 5.32 Å². The molecule has 0 radical (unpaired) electrons. The molecule has 1 unspecified atom stereocenters. The molecule has 0 spiro atoms. The van der Waals surface area contributed by atoms with Gasteiger partial charge in [-0.15, -0.1) is 0 Å². The Morgan fingerprint density at radius 3 is 2.52 bits per heavy atom. The first-order valence-corrected chi connectivity index (χ1v) is 8.59. The van der Waals surface area contributed by atoms with E-state index in [1.807, 2.05) is 0 Å². The van der Waals surface area contributed by atoms with E-state index in [1.54, 1.807) is 0 Å². The first kappa shape index (κ1) is 18.3. The average molecular weight is 372 g/mol. The maximum Gasteiger partial charge on any atom is 0.266 e. The van der Waals surface area contributed by atoms with Crippen molar-refractivity contribution >= 4 is 60.8 Å². The van der Waals surface area contributed by atoms with Gasteiger partial charge in [-0.05, 0) is 24.6 Å². The highest BCUT2D eigenvalue weighted by atomic mass is 35.5. The van der Waals surface area contributed by atoms with Crippen molar-refractivity contribution in [1.82, 2.24) is 0 Å². The van der Waals surface area contributed by atoms with Crippen LogP contribution in [0.3, 0.4) is 0 Å². The van der Waals surface area contributed by atoms with Gasteiger partial charge in [0.15, 0.2) is 0 Å². The number of nitrogens with one attached hydrogen (secondary N) is 1. The van der Waals surface area contributed by atoms with E-state index in [9.17, 15) is 13.8 Å². The van der Waals surface area contributed by atoms with E-state index in [0.29, 0.717) is 5.56 Å². The number of ketones is 1. The molecule has 6 nitrogen and oxygen atoms in total. The van der Waals surface area contributed by atoms with E-state index in [-0.39, 0.29) is 34.5 Å². The summed E-state index contributed by atoms with van der Waals surface area (Å²) in [5.41, 5.74) is 0.519. The summed E-state index contributed by atoms with van der Waals surface area (Å²) < 4.78 is 24.3. The number of Topliss-reactive ketones (excluding diaryl/α,β-unsaturated/α-hetero) is 1. The second-order valence-electron chi connectivity index (χ2n) is 4.04. The lowest BCUT2D eigenvalue weighted by Gasteiger charge is -2.11. The smallest absolute Gasteiger partial charge is 0.266 e. The van der Waals surface area contributed by atoms with Crippen LogP contribution in [0.1, 0.15) is 18.9 Å². The topological polar surface area (TPSA) is 92.7 Å². The van der Waals surface area contributed by atoms with Gasteiger partial charge < -0.3 is 5.32 Å². The molecule has 0 fully saturated rings. The van der Waals surface area contributed by atoms with Crippen LogP contribution in [0.2, 0.25) is 10.0 Å². The molecule has 21 heavy (non-hydrogen) atoms. The van der Waals surface area contributed by atoms with Gasteiger partial charge in [0.1, 0.15) is 5.78 Å². The molecule has 0 saturated carbocycles. The summed E-state index contributed by atoms with van der Waals surface area (Å²) >= 11 is 16.0. The van der Waals surface area contributed by atoms with E-state index < -0.39 is 15.0 Å². The molecule has 0 aliphatic heterocycles. The molecule has 1 aromatic rings. The second kappa shape index (κ2) is 7.48. The Morgan fingerprint density at radius 2 is 2.00 bits per heavy atom. The fourth-order valence-electron chi connectivity index (χ4n) is 1.36. The number of halogens is 2. The van der Waals surface area contributed by atoms with Crippen LogP contribution in [0.25, 0.3) is 0 Å². The second-order valence-corrected chi connectivity index (χ2v) is 7.21. The first-order valence-electron chi connectivity index (χ1n) is 5.47. The monoisotopic (exact) mass is 371 g/mol. The van der Waals surface area contributed by atoms with Gasteiger partial charge in [-0.1, -0.05) is 23.2 Å². The van der Waals surface area contributed by atoms with Crippen molar-refractivity contribution in [1.29, 1.82) is 0 Å². The van der Waals surface area contributed by atoms with Gasteiger partial charge >= 0.3 is 0 Å². The van der Waals surface area contributed by atoms with E-state index in [1.165, 1.54) is 19.1 Å². The van der Waals surface area contributed by atoms with Gasteiger partial charge in [-0.2, -0.15) is 4.21 Å². The molecule has 1 atom stereocenters. The molecule has 0 aliphatic rings. The lowest BCUT2D eigenvalue weighted by atomic mass is 10.2. The Balaban J connectivity index is 2.95. The normalized spacial score (nSPS) is 13.5. The summed E-state index contributed by atoms with van der Waals surface area (Å²) in [5.74, 6) is -0.833. The van der Waals surface area contributed by atoms with Gasteiger partial charge in [0.25, 0.3) is 9.05 Å². The molecular weight excluding hydrogens is 361 g/mol. The average Bonchev–Trinajstić information content (AvgIpc) is 2.28.